The predicted octanol–water partition coefficient (Wildman–Crippen LogP) is 1.72. The van der Waals surface area contributed by atoms with Crippen LogP contribution in [0.4, 0.5) is 6.01 Å². The van der Waals surface area contributed by atoms with Gasteiger partial charge in [0.05, 0.1) is 18.8 Å². The third-order valence-electron chi connectivity index (χ3n) is 3.28. The monoisotopic (exact) mass is 254 g/mol. The number of aromatic nitrogens is 2. The molecule has 102 valence electrons. The highest BCUT2D eigenvalue weighted by molar-refractivity contribution is 5.16. The van der Waals surface area contributed by atoms with Gasteiger partial charge in [-0.3, -0.25) is 0 Å². The average Bonchev–Trinajstić information content (AvgIpc) is 3.05. The SMILES string of the molecule is CNC(C)c1nnc(NCCOC2CCCC2)o1. The highest BCUT2D eigenvalue weighted by Gasteiger charge is 2.15. The van der Waals surface area contributed by atoms with Crippen molar-refractivity contribution in [1.29, 1.82) is 0 Å². The maximum absolute atomic E-state index is 5.74. The zero-order valence-electron chi connectivity index (χ0n) is 11.1. The number of nitrogens with one attached hydrogen (secondary N) is 2. The molecule has 6 heteroatoms. The fourth-order valence-corrected chi connectivity index (χ4v) is 2.04. The highest BCUT2D eigenvalue weighted by atomic mass is 16.5. The van der Waals surface area contributed by atoms with Crippen molar-refractivity contribution in [1.82, 2.24) is 15.5 Å². The lowest BCUT2D eigenvalue weighted by molar-refractivity contribution is 0.0656. The Morgan fingerprint density at radius 2 is 2.17 bits per heavy atom. The second kappa shape index (κ2) is 6.70. The second-order valence-electron chi connectivity index (χ2n) is 4.66. The van der Waals surface area contributed by atoms with Gasteiger partial charge in [0.15, 0.2) is 0 Å². The Bertz CT molecular complexity index is 350. The molecule has 1 aromatic rings. The molecular weight excluding hydrogens is 232 g/mol. The smallest absolute Gasteiger partial charge is 0.315 e. The van der Waals surface area contributed by atoms with Crippen molar-refractivity contribution in [3.8, 4) is 0 Å². The fourth-order valence-electron chi connectivity index (χ4n) is 2.04. The van der Waals surface area contributed by atoms with Gasteiger partial charge in [-0.1, -0.05) is 17.9 Å². The van der Waals surface area contributed by atoms with E-state index in [9.17, 15) is 0 Å². The van der Waals surface area contributed by atoms with Gasteiger partial charge in [-0.25, -0.2) is 0 Å². The number of hydrogen-bond donors (Lipinski definition) is 2. The molecule has 1 aliphatic carbocycles. The third kappa shape index (κ3) is 3.68. The lowest BCUT2D eigenvalue weighted by Crippen LogP contribution is -2.15. The first-order valence-corrected chi connectivity index (χ1v) is 6.65. The van der Waals surface area contributed by atoms with Crippen molar-refractivity contribution in [3.05, 3.63) is 5.89 Å². The Hall–Kier alpha value is -1.14. The molecule has 18 heavy (non-hydrogen) atoms. The van der Waals surface area contributed by atoms with Gasteiger partial charge in [0, 0.05) is 6.54 Å². The van der Waals surface area contributed by atoms with E-state index in [1.54, 1.807) is 0 Å². The van der Waals surface area contributed by atoms with Crippen LogP contribution in [0.5, 0.6) is 0 Å². The molecule has 2 rings (SSSR count). The van der Waals surface area contributed by atoms with Crippen molar-refractivity contribution < 1.29 is 9.15 Å². The highest BCUT2D eigenvalue weighted by Crippen LogP contribution is 2.20. The van der Waals surface area contributed by atoms with Crippen molar-refractivity contribution >= 4 is 6.01 Å². The molecule has 0 amide bonds. The summed E-state index contributed by atoms with van der Waals surface area (Å²) in [5.41, 5.74) is 0. The van der Waals surface area contributed by atoms with Crippen molar-refractivity contribution in [3.63, 3.8) is 0 Å². The van der Waals surface area contributed by atoms with Crippen LogP contribution in [-0.2, 0) is 4.74 Å². The van der Waals surface area contributed by atoms with E-state index in [0.717, 1.165) is 0 Å². The Kier molecular flexibility index (Phi) is 4.95. The molecule has 1 saturated carbocycles. The summed E-state index contributed by atoms with van der Waals surface area (Å²) in [6.07, 6.45) is 5.45. The first-order valence-electron chi connectivity index (χ1n) is 6.65. The molecule has 1 aliphatic rings. The normalized spacial score (nSPS) is 18.1. The zero-order valence-corrected chi connectivity index (χ0v) is 11.1. The van der Waals surface area contributed by atoms with Gasteiger partial charge in [0.1, 0.15) is 0 Å². The molecule has 0 spiro atoms. The van der Waals surface area contributed by atoms with Crippen LogP contribution >= 0.6 is 0 Å². The number of rotatable bonds is 7. The van der Waals surface area contributed by atoms with Crippen molar-refractivity contribution in [2.45, 2.75) is 44.8 Å². The molecule has 1 aromatic heterocycles. The molecular formula is C12H22N4O2. The Labute approximate surface area is 107 Å². The van der Waals surface area contributed by atoms with E-state index in [1.165, 1.54) is 25.7 Å². The summed E-state index contributed by atoms with van der Waals surface area (Å²) in [6.45, 7) is 3.36. The molecule has 2 N–H and O–H groups in total. The molecule has 1 unspecified atom stereocenters. The van der Waals surface area contributed by atoms with E-state index in [-0.39, 0.29) is 6.04 Å². The van der Waals surface area contributed by atoms with Crippen LogP contribution < -0.4 is 10.6 Å². The summed E-state index contributed by atoms with van der Waals surface area (Å²) >= 11 is 0. The topological polar surface area (TPSA) is 72.2 Å². The molecule has 0 radical (unpaired) electrons. The summed E-state index contributed by atoms with van der Waals surface area (Å²) in [5.74, 6) is 0.594. The maximum atomic E-state index is 5.74. The van der Waals surface area contributed by atoms with Gasteiger partial charge in [0.2, 0.25) is 5.89 Å². The zero-order chi connectivity index (χ0) is 12.8. The number of nitrogens with zero attached hydrogens (tertiary/aromatic N) is 2. The lowest BCUT2D eigenvalue weighted by Gasteiger charge is -2.10. The van der Waals surface area contributed by atoms with Crippen molar-refractivity contribution in [2.75, 3.05) is 25.5 Å². The van der Waals surface area contributed by atoms with E-state index < -0.39 is 0 Å². The van der Waals surface area contributed by atoms with E-state index in [4.69, 9.17) is 9.15 Å². The Morgan fingerprint density at radius 3 is 2.89 bits per heavy atom. The number of hydrogen-bond acceptors (Lipinski definition) is 6. The molecule has 0 bridgehead atoms. The quantitative estimate of drug-likeness (QED) is 0.722. The van der Waals surface area contributed by atoms with Gasteiger partial charge >= 0.3 is 6.01 Å². The largest absolute Gasteiger partial charge is 0.406 e. The minimum atomic E-state index is 0.0720. The minimum Gasteiger partial charge on any atom is -0.406 e. The van der Waals surface area contributed by atoms with Gasteiger partial charge < -0.3 is 19.8 Å². The van der Waals surface area contributed by atoms with E-state index in [0.29, 0.717) is 31.2 Å². The van der Waals surface area contributed by atoms with Crippen LogP contribution in [0.1, 0.15) is 44.5 Å². The molecule has 1 heterocycles. The summed E-state index contributed by atoms with van der Waals surface area (Å²) in [5, 5.41) is 14.0. The fraction of sp³-hybridized carbons (Fsp3) is 0.833. The molecule has 0 aliphatic heterocycles. The molecule has 6 nitrogen and oxygen atoms in total. The lowest BCUT2D eigenvalue weighted by atomic mass is 10.3. The first kappa shape index (κ1) is 13.3. The average molecular weight is 254 g/mol. The molecule has 1 atom stereocenters. The summed E-state index contributed by atoms with van der Waals surface area (Å²) in [6, 6.07) is 0.532. The summed E-state index contributed by atoms with van der Waals surface area (Å²) < 4.78 is 11.2. The minimum absolute atomic E-state index is 0.0720. The van der Waals surface area contributed by atoms with Crippen LogP contribution in [-0.4, -0.2) is 36.5 Å². The number of ether oxygens (including phenoxy) is 1. The molecule has 0 aromatic carbocycles. The van der Waals surface area contributed by atoms with Gasteiger partial charge in [0.25, 0.3) is 0 Å². The van der Waals surface area contributed by atoms with E-state index >= 15 is 0 Å². The van der Waals surface area contributed by atoms with Gasteiger partial charge in [-0.05, 0) is 26.8 Å². The Morgan fingerprint density at radius 1 is 1.39 bits per heavy atom. The second-order valence-corrected chi connectivity index (χ2v) is 4.66. The van der Waals surface area contributed by atoms with Crippen molar-refractivity contribution in [2.24, 2.45) is 0 Å². The Balaban J connectivity index is 1.65. The van der Waals surface area contributed by atoms with Crippen LogP contribution in [0.3, 0.4) is 0 Å². The van der Waals surface area contributed by atoms with E-state index in [2.05, 4.69) is 20.8 Å². The van der Waals surface area contributed by atoms with Gasteiger partial charge in [-0.2, -0.15) is 0 Å². The predicted molar refractivity (Wildman–Crippen MR) is 68.5 cm³/mol. The standard InChI is InChI=1S/C12H22N4O2/c1-9(13-2)11-15-16-12(18-11)14-7-8-17-10-5-3-4-6-10/h9-10,13H,3-8H2,1-2H3,(H,14,16). The number of anilines is 1. The van der Waals surface area contributed by atoms with Crippen LogP contribution in [0.2, 0.25) is 0 Å². The van der Waals surface area contributed by atoms with Gasteiger partial charge in [-0.15, -0.1) is 5.10 Å². The summed E-state index contributed by atoms with van der Waals surface area (Å²) in [4.78, 5) is 0. The molecule has 0 saturated heterocycles. The van der Waals surface area contributed by atoms with E-state index in [1.807, 2.05) is 14.0 Å². The first-order chi connectivity index (χ1) is 8.79. The van der Waals surface area contributed by atoms with Crippen LogP contribution in [0, 0.1) is 0 Å². The maximum Gasteiger partial charge on any atom is 0.315 e. The third-order valence-corrected chi connectivity index (χ3v) is 3.28. The van der Waals surface area contributed by atoms with Crippen LogP contribution in [0.25, 0.3) is 0 Å². The summed E-state index contributed by atoms with van der Waals surface area (Å²) in [7, 11) is 1.86. The van der Waals surface area contributed by atoms with Crippen LogP contribution in [0.15, 0.2) is 4.42 Å². The molecule has 1 fully saturated rings.